The van der Waals surface area contributed by atoms with Crippen molar-refractivity contribution in [1.82, 2.24) is 9.88 Å². The number of aromatic nitrogens is 1. The third-order valence-electron chi connectivity index (χ3n) is 3.74. The van der Waals surface area contributed by atoms with Crippen molar-refractivity contribution in [3.8, 4) is 17.0 Å². The Morgan fingerprint density at radius 3 is 2.80 bits per heavy atom. The average molecular weight is 288 g/mol. The van der Waals surface area contributed by atoms with Crippen molar-refractivity contribution < 1.29 is 4.74 Å². The Morgan fingerprint density at radius 2 is 2.00 bits per heavy atom. The van der Waals surface area contributed by atoms with E-state index in [9.17, 15) is 0 Å². The number of hydrogen-bond donors (Lipinski definition) is 0. The molecule has 0 N–H and O–H groups in total. The molecule has 2 heterocycles. The number of likely N-dealkylation sites (tertiary alicyclic amines) is 1. The van der Waals surface area contributed by atoms with E-state index in [1.165, 1.54) is 37.4 Å². The van der Waals surface area contributed by atoms with Crippen LogP contribution in [0.5, 0.6) is 5.75 Å². The highest BCUT2D eigenvalue weighted by Crippen LogP contribution is 2.30. The van der Waals surface area contributed by atoms with E-state index in [4.69, 9.17) is 9.72 Å². The van der Waals surface area contributed by atoms with Crippen LogP contribution in [0, 0.1) is 0 Å². The van der Waals surface area contributed by atoms with Crippen molar-refractivity contribution in [2.24, 2.45) is 0 Å². The minimum atomic E-state index is 0.891. The molecule has 1 saturated heterocycles. The molecule has 106 valence electrons. The maximum atomic E-state index is 5.41. The van der Waals surface area contributed by atoms with Crippen molar-refractivity contribution in [2.75, 3.05) is 20.2 Å². The van der Waals surface area contributed by atoms with E-state index >= 15 is 0 Å². The molecule has 0 radical (unpaired) electrons. The molecular weight excluding hydrogens is 268 g/mol. The number of ether oxygens (including phenoxy) is 1. The van der Waals surface area contributed by atoms with Crippen LogP contribution in [-0.2, 0) is 6.54 Å². The molecule has 0 spiro atoms. The molecule has 2 aromatic rings. The molecule has 0 unspecified atom stereocenters. The first kappa shape index (κ1) is 13.6. The molecule has 20 heavy (non-hydrogen) atoms. The number of nitrogens with zero attached hydrogens (tertiary/aromatic N) is 2. The minimum Gasteiger partial charge on any atom is -0.496 e. The van der Waals surface area contributed by atoms with Crippen molar-refractivity contribution in [3.63, 3.8) is 0 Å². The first-order chi connectivity index (χ1) is 9.86. The predicted octanol–water partition coefficient (Wildman–Crippen LogP) is 3.80. The fourth-order valence-electron chi connectivity index (χ4n) is 2.67. The largest absolute Gasteiger partial charge is 0.496 e. The van der Waals surface area contributed by atoms with Crippen LogP contribution < -0.4 is 4.74 Å². The number of benzene rings is 1. The van der Waals surface area contributed by atoms with E-state index in [0.717, 1.165) is 23.6 Å². The summed E-state index contributed by atoms with van der Waals surface area (Å²) in [5.41, 5.74) is 2.11. The number of rotatable bonds is 4. The van der Waals surface area contributed by atoms with Crippen molar-refractivity contribution in [3.05, 3.63) is 34.7 Å². The highest BCUT2D eigenvalue weighted by molar-refractivity contribution is 7.09. The fourth-order valence-corrected chi connectivity index (χ4v) is 3.51. The standard InChI is InChI=1S/C16H20N2OS/c1-19-15-8-4-3-7-13(15)14-12-20-16(17-14)11-18-9-5-2-6-10-18/h3-4,7-8,12H,2,5-6,9-11H2,1H3. The van der Waals surface area contributed by atoms with Gasteiger partial charge in [-0.3, -0.25) is 4.90 Å². The molecule has 1 aliphatic rings. The average Bonchev–Trinajstić information content (AvgIpc) is 2.96. The van der Waals surface area contributed by atoms with Gasteiger partial charge in [-0.15, -0.1) is 11.3 Å². The molecule has 1 aliphatic heterocycles. The molecule has 3 nitrogen and oxygen atoms in total. The highest BCUT2D eigenvalue weighted by atomic mass is 32.1. The molecule has 1 fully saturated rings. The van der Waals surface area contributed by atoms with Crippen LogP contribution in [0.15, 0.2) is 29.6 Å². The van der Waals surface area contributed by atoms with Gasteiger partial charge in [0.05, 0.1) is 19.3 Å². The number of methoxy groups -OCH3 is 1. The third kappa shape index (κ3) is 3.02. The lowest BCUT2D eigenvalue weighted by molar-refractivity contribution is 0.220. The zero-order valence-electron chi connectivity index (χ0n) is 11.8. The summed E-state index contributed by atoms with van der Waals surface area (Å²) in [4.78, 5) is 7.29. The molecule has 1 aromatic heterocycles. The maximum Gasteiger partial charge on any atom is 0.128 e. The SMILES string of the molecule is COc1ccccc1-c1csc(CN2CCCCC2)n1. The van der Waals surface area contributed by atoms with Crippen LogP contribution in [0.2, 0.25) is 0 Å². The monoisotopic (exact) mass is 288 g/mol. The van der Waals surface area contributed by atoms with Gasteiger partial charge in [0.15, 0.2) is 0 Å². The predicted molar refractivity (Wildman–Crippen MR) is 83.2 cm³/mol. The third-order valence-corrected chi connectivity index (χ3v) is 4.58. The molecule has 4 heteroatoms. The van der Waals surface area contributed by atoms with Crippen molar-refractivity contribution >= 4 is 11.3 Å². The summed E-state index contributed by atoms with van der Waals surface area (Å²) in [6, 6.07) is 8.07. The van der Waals surface area contributed by atoms with E-state index in [1.807, 2.05) is 18.2 Å². The Bertz CT molecular complexity index is 561. The fraction of sp³-hybridized carbons (Fsp3) is 0.438. The summed E-state index contributed by atoms with van der Waals surface area (Å²) in [5, 5.41) is 3.34. The lowest BCUT2D eigenvalue weighted by Crippen LogP contribution is -2.28. The first-order valence-corrected chi connectivity index (χ1v) is 8.05. The normalized spacial score (nSPS) is 16.2. The summed E-state index contributed by atoms with van der Waals surface area (Å²) in [6.07, 6.45) is 4.02. The van der Waals surface area contributed by atoms with Crippen LogP contribution in [0.1, 0.15) is 24.3 Å². The minimum absolute atomic E-state index is 0.891. The summed E-state index contributed by atoms with van der Waals surface area (Å²) in [7, 11) is 1.71. The Labute approximate surface area is 124 Å². The smallest absolute Gasteiger partial charge is 0.128 e. The van der Waals surface area contributed by atoms with Crippen molar-refractivity contribution in [1.29, 1.82) is 0 Å². The maximum absolute atomic E-state index is 5.41. The first-order valence-electron chi connectivity index (χ1n) is 7.17. The summed E-state index contributed by atoms with van der Waals surface area (Å²) in [5.74, 6) is 0.891. The van der Waals surface area contributed by atoms with Gasteiger partial charge >= 0.3 is 0 Å². The van der Waals surface area contributed by atoms with Gasteiger partial charge in [0, 0.05) is 10.9 Å². The second-order valence-electron chi connectivity index (χ2n) is 5.16. The summed E-state index contributed by atoms with van der Waals surface area (Å²) < 4.78 is 5.41. The molecule has 0 bridgehead atoms. The van der Waals surface area contributed by atoms with Gasteiger partial charge < -0.3 is 4.74 Å². The van der Waals surface area contributed by atoms with Crippen LogP contribution in [0.4, 0.5) is 0 Å². The van der Waals surface area contributed by atoms with Gasteiger partial charge in [0.25, 0.3) is 0 Å². The van der Waals surface area contributed by atoms with Crippen molar-refractivity contribution in [2.45, 2.75) is 25.8 Å². The van der Waals surface area contributed by atoms with Gasteiger partial charge in [-0.25, -0.2) is 4.98 Å². The number of piperidine rings is 1. The molecule has 0 amide bonds. The zero-order chi connectivity index (χ0) is 13.8. The van der Waals surface area contributed by atoms with E-state index in [1.54, 1.807) is 18.4 Å². The Hall–Kier alpha value is -1.39. The van der Waals surface area contributed by atoms with Crippen LogP contribution in [0.3, 0.4) is 0 Å². The molecule has 0 atom stereocenters. The molecule has 3 rings (SSSR count). The Morgan fingerprint density at radius 1 is 1.20 bits per heavy atom. The highest BCUT2D eigenvalue weighted by Gasteiger charge is 2.14. The summed E-state index contributed by atoms with van der Waals surface area (Å²) >= 11 is 1.75. The topological polar surface area (TPSA) is 25.4 Å². The van der Waals surface area contributed by atoms with E-state index in [-0.39, 0.29) is 0 Å². The lowest BCUT2D eigenvalue weighted by Gasteiger charge is -2.25. The van der Waals surface area contributed by atoms with Gasteiger partial charge in [0.2, 0.25) is 0 Å². The number of thiazole rings is 1. The Kier molecular flexibility index (Phi) is 4.33. The van der Waals surface area contributed by atoms with Gasteiger partial charge in [-0.05, 0) is 38.1 Å². The van der Waals surface area contributed by atoms with E-state index in [2.05, 4.69) is 16.3 Å². The second-order valence-corrected chi connectivity index (χ2v) is 6.11. The van der Waals surface area contributed by atoms with Gasteiger partial charge in [0.1, 0.15) is 10.8 Å². The zero-order valence-corrected chi connectivity index (χ0v) is 12.7. The molecule has 1 aromatic carbocycles. The Balaban J connectivity index is 1.75. The van der Waals surface area contributed by atoms with Crippen LogP contribution in [0.25, 0.3) is 11.3 Å². The summed E-state index contributed by atoms with van der Waals surface area (Å²) in [6.45, 7) is 3.41. The van der Waals surface area contributed by atoms with E-state index in [0.29, 0.717) is 0 Å². The number of hydrogen-bond acceptors (Lipinski definition) is 4. The molecule has 0 aliphatic carbocycles. The second kappa shape index (κ2) is 6.37. The van der Waals surface area contributed by atoms with Gasteiger partial charge in [-0.2, -0.15) is 0 Å². The van der Waals surface area contributed by atoms with Crippen LogP contribution >= 0.6 is 11.3 Å². The van der Waals surface area contributed by atoms with Gasteiger partial charge in [-0.1, -0.05) is 18.6 Å². The van der Waals surface area contributed by atoms with E-state index < -0.39 is 0 Å². The lowest BCUT2D eigenvalue weighted by atomic mass is 10.1. The van der Waals surface area contributed by atoms with Crippen LogP contribution in [-0.4, -0.2) is 30.1 Å². The molecular formula is C16H20N2OS. The number of para-hydroxylation sites is 1. The molecule has 0 saturated carbocycles. The quantitative estimate of drug-likeness (QED) is 0.855.